The van der Waals surface area contributed by atoms with Crippen LogP contribution in [-0.2, 0) is 4.79 Å². The molecule has 0 unspecified atom stereocenters. The van der Waals surface area contributed by atoms with Crippen LogP contribution < -0.4 is 15.5 Å². The highest BCUT2D eigenvalue weighted by Crippen LogP contribution is 2.49. The minimum Gasteiger partial charge on any atom is -0.343 e. The fourth-order valence-corrected chi connectivity index (χ4v) is 6.10. The Morgan fingerprint density at radius 3 is 2.46 bits per heavy atom. The fraction of sp³-hybridized carbons (Fsp3) is 0.519. The number of nitrogens with zero attached hydrogens (tertiary/aromatic N) is 6. The van der Waals surface area contributed by atoms with Crippen molar-refractivity contribution >= 4 is 40.3 Å². The molecule has 37 heavy (non-hydrogen) atoms. The first-order valence-electron chi connectivity index (χ1n) is 13.1. The predicted molar refractivity (Wildman–Crippen MR) is 142 cm³/mol. The Balaban J connectivity index is 1.20. The molecule has 1 aliphatic heterocycles. The zero-order chi connectivity index (χ0) is 25.7. The number of carbonyl (C=O) groups excluding carboxylic acids is 2. The Morgan fingerprint density at radius 2 is 1.84 bits per heavy atom. The minimum absolute atomic E-state index is 0.0308. The second-order valence-electron chi connectivity index (χ2n) is 11.1. The van der Waals surface area contributed by atoms with Crippen LogP contribution in [0.4, 0.5) is 17.5 Å². The number of nitrogens with one attached hydrogen (secondary N) is 2. The molecular weight excluding hydrogens is 468 g/mol. The molecular formula is C27H34N8O2. The summed E-state index contributed by atoms with van der Waals surface area (Å²) in [5.74, 6) is 1.25. The van der Waals surface area contributed by atoms with Gasteiger partial charge in [-0.05, 0) is 49.3 Å². The van der Waals surface area contributed by atoms with Crippen molar-refractivity contribution in [3.63, 3.8) is 0 Å². The van der Waals surface area contributed by atoms with Crippen molar-refractivity contribution in [3.05, 3.63) is 36.3 Å². The summed E-state index contributed by atoms with van der Waals surface area (Å²) in [6.45, 7) is 2.07. The largest absolute Gasteiger partial charge is 0.343 e. The van der Waals surface area contributed by atoms with Crippen molar-refractivity contribution < 1.29 is 9.59 Å². The number of hydrogen-bond acceptors (Lipinski definition) is 7. The monoisotopic (exact) mass is 502 g/mol. The summed E-state index contributed by atoms with van der Waals surface area (Å²) in [7, 11) is 5.36. The van der Waals surface area contributed by atoms with E-state index in [2.05, 4.69) is 25.2 Å². The predicted octanol–water partition coefficient (Wildman–Crippen LogP) is 3.35. The van der Waals surface area contributed by atoms with Gasteiger partial charge in [-0.1, -0.05) is 12.8 Å². The fourth-order valence-electron chi connectivity index (χ4n) is 6.10. The van der Waals surface area contributed by atoms with E-state index in [1.165, 1.54) is 0 Å². The third-order valence-electron chi connectivity index (χ3n) is 8.30. The van der Waals surface area contributed by atoms with Crippen molar-refractivity contribution in [1.82, 2.24) is 29.7 Å². The molecule has 3 aromatic rings. The van der Waals surface area contributed by atoms with Crippen molar-refractivity contribution in [2.75, 3.05) is 44.4 Å². The van der Waals surface area contributed by atoms with E-state index in [-0.39, 0.29) is 23.8 Å². The van der Waals surface area contributed by atoms with Crippen molar-refractivity contribution in [3.8, 4) is 0 Å². The average molecular weight is 503 g/mol. The third kappa shape index (κ3) is 4.22. The number of rotatable bonds is 6. The second-order valence-corrected chi connectivity index (χ2v) is 11.1. The number of hydrogen-bond donors (Lipinski definition) is 2. The summed E-state index contributed by atoms with van der Waals surface area (Å²) in [6.07, 6.45) is 9.79. The van der Waals surface area contributed by atoms with Gasteiger partial charge >= 0.3 is 0 Å². The molecule has 2 amide bonds. The van der Waals surface area contributed by atoms with E-state index in [0.29, 0.717) is 22.9 Å². The van der Waals surface area contributed by atoms with Crippen LogP contribution in [0.15, 0.2) is 30.6 Å². The summed E-state index contributed by atoms with van der Waals surface area (Å²) < 4.78 is 2.10. The van der Waals surface area contributed by atoms with Gasteiger partial charge in [0.2, 0.25) is 11.9 Å². The van der Waals surface area contributed by atoms with E-state index in [4.69, 9.17) is 4.98 Å². The van der Waals surface area contributed by atoms with Gasteiger partial charge in [-0.25, -0.2) is 9.97 Å². The Morgan fingerprint density at radius 1 is 1.08 bits per heavy atom. The molecule has 1 spiro atoms. The topological polar surface area (TPSA) is 108 Å². The molecule has 3 fully saturated rings. The molecule has 194 valence electrons. The van der Waals surface area contributed by atoms with Crippen LogP contribution in [-0.4, -0.2) is 70.5 Å². The molecule has 1 saturated heterocycles. The Bertz CT molecular complexity index is 1330. The highest BCUT2D eigenvalue weighted by Gasteiger charge is 2.51. The number of fused-ring (bicyclic) bond motifs is 1. The lowest BCUT2D eigenvalue weighted by Crippen LogP contribution is -2.62. The van der Waals surface area contributed by atoms with Crippen LogP contribution in [0, 0.1) is 11.3 Å². The van der Waals surface area contributed by atoms with Crippen molar-refractivity contribution in [2.45, 2.75) is 44.6 Å². The Labute approximate surface area is 216 Å². The molecule has 6 rings (SSSR count). The van der Waals surface area contributed by atoms with Gasteiger partial charge in [-0.2, -0.15) is 4.98 Å². The van der Waals surface area contributed by atoms with E-state index >= 15 is 0 Å². The van der Waals surface area contributed by atoms with Crippen LogP contribution in [0.3, 0.4) is 0 Å². The summed E-state index contributed by atoms with van der Waals surface area (Å²) in [6, 6.07) is 5.88. The van der Waals surface area contributed by atoms with E-state index in [1.54, 1.807) is 36.3 Å². The van der Waals surface area contributed by atoms with Gasteiger partial charge in [0.15, 0.2) is 0 Å². The van der Waals surface area contributed by atoms with E-state index in [9.17, 15) is 9.59 Å². The first-order chi connectivity index (χ1) is 17.8. The van der Waals surface area contributed by atoms with Gasteiger partial charge in [0.25, 0.3) is 5.91 Å². The highest BCUT2D eigenvalue weighted by atomic mass is 16.2. The summed E-state index contributed by atoms with van der Waals surface area (Å²) in [5.41, 5.74) is 2.55. The van der Waals surface area contributed by atoms with E-state index in [1.807, 2.05) is 25.2 Å². The Kier molecular flexibility index (Phi) is 5.86. The third-order valence-corrected chi connectivity index (χ3v) is 8.30. The lowest BCUT2D eigenvalue weighted by atomic mass is 9.58. The number of carbonyl (C=O) groups is 2. The zero-order valence-electron chi connectivity index (χ0n) is 21.7. The number of anilines is 3. The second kappa shape index (κ2) is 9.09. The van der Waals surface area contributed by atoms with E-state index < -0.39 is 0 Å². The van der Waals surface area contributed by atoms with Gasteiger partial charge in [0.05, 0.1) is 11.9 Å². The highest BCUT2D eigenvalue weighted by molar-refractivity contribution is 5.98. The van der Waals surface area contributed by atoms with Crippen LogP contribution in [0.1, 0.15) is 55.1 Å². The maximum Gasteiger partial charge on any atom is 0.270 e. The minimum atomic E-state index is -0.0308. The summed E-state index contributed by atoms with van der Waals surface area (Å²) in [4.78, 5) is 42.9. The molecule has 2 saturated carbocycles. The lowest BCUT2D eigenvalue weighted by molar-refractivity contribution is -0.131. The van der Waals surface area contributed by atoms with Crippen molar-refractivity contribution in [1.29, 1.82) is 0 Å². The molecule has 3 aromatic heterocycles. The molecule has 0 bridgehead atoms. The normalized spacial score (nSPS) is 19.0. The Hall–Kier alpha value is -3.53. The van der Waals surface area contributed by atoms with Crippen molar-refractivity contribution in [2.24, 2.45) is 11.3 Å². The van der Waals surface area contributed by atoms with Crippen LogP contribution in [0.2, 0.25) is 0 Å². The number of amides is 2. The smallest absolute Gasteiger partial charge is 0.270 e. The zero-order valence-corrected chi connectivity index (χ0v) is 21.7. The first-order valence-corrected chi connectivity index (χ1v) is 13.1. The molecule has 10 heteroatoms. The van der Waals surface area contributed by atoms with Gasteiger partial charge in [-0.15, -0.1) is 0 Å². The number of pyridine rings is 1. The standard InChI is InChI=1S/C27H34N8O2/c1-33(2)25(37)21-10-17-13-30-26(32-23(17)35(21)19-6-4-5-7-19)31-22-9-8-20(14-29-22)34(3)24(36)18-11-27(12-18)15-28-16-27/h8-10,13-14,18-19,28H,4-7,11-12,15-16H2,1-3H3,(H,29,30,31,32). The molecule has 0 radical (unpaired) electrons. The molecule has 4 heterocycles. The molecule has 3 aliphatic rings. The first kappa shape index (κ1) is 23.8. The van der Waals surface area contributed by atoms with Gasteiger partial charge in [0.1, 0.15) is 17.2 Å². The van der Waals surface area contributed by atoms with Gasteiger partial charge in [-0.3, -0.25) is 9.59 Å². The SMILES string of the molecule is CN(C)C(=O)c1cc2cnc(Nc3ccc(N(C)C(=O)C4CC5(CNC5)C4)cn3)nc2n1C1CCCC1. The van der Waals surface area contributed by atoms with Crippen LogP contribution >= 0.6 is 0 Å². The van der Waals surface area contributed by atoms with Gasteiger partial charge < -0.3 is 25.0 Å². The maximum absolute atomic E-state index is 12.9. The van der Waals surface area contributed by atoms with Crippen LogP contribution in [0.25, 0.3) is 11.0 Å². The number of aromatic nitrogens is 4. The summed E-state index contributed by atoms with van der Waals surface area (Å²) in [5, 5.41) is 7.36. The molecule has 0 atom stereocenters. The molecule has 2 N–H and O–H groups in total. The molecule has 0 aromatic carbocycles. The molecule has 10 nitrogen and oxygen atoms in total. The maximum atomic E-state index is 12.9. The molecule has 2 aliphatic carbocycles. The summed E-state index contributed by atoms with van der Waals surface area (Å²) >= 11 is 0. The van der Waals surface area contributed by atoms with E-state index in [0.717, 1.165) is 68.3 Å². The van der Waals surface area contributed by atoms with Crippen LogP contribution in [0.5, 0.6) is 0 Å². The average Bonchev–Trinajstić information content (AvgIpc) is 3.49. The lowest BCUT2D eigenvalue weighted by Gasteiger charge is -2.54. The van der Waals surface area contributed by atoms with Gasteiger partial charge in [0, 0.05) is 57.8 Å². The quantitative estimate of drug-likeness (QED) is 0.532.